The quantitative estimate of drug-likeness (QED) is 0.875. The summed E-state index contributed by atoms with van der Waals surface area (Å²) >= 11 is 0. The minimum Gasteiger partial charge on any atom is -0.351 e. The molecule has 3 N–H and O–H groups in total. The normalized spacial score (nSPS) is 22.8. The molecule has 2 atom stereocenters. The summed E-state index contributed by atoms with van der Waals surface area (Å²) in [4.78, 5) is 12.4. The first-order valence-electron chi connectivity index (χ1n) is 8.08. The van der Waals surface area contributed by atoms with Crippen molar-refractivity contribution in [1.29, 1.82) is 0 Å². The van der Waals surface area contributed by atoms with Crippen molar-refractivity contribution >= 4 is 5.91 Å². The summed E-state index contributed by atoms with van der Waals surface area (Å²) < 4.78 is 0. The fourth-order valence-corrected chi connectivity index (χ4v) is 3.07. The molecule has 21 heavy (non-hydrogen) atoms. The Labute approximate surface area is 128 Å². The molecule has 0 bridgehead atoms. The lowest BCUT2D eigenvalue weighted by Gasteiger charge is -2.31. The molecule has 0 aliphatic heterocycles. The second-order valence-corrected chi connectivity index (χ2v) is 6.98. The highest BCUT2D eigenvalue weighted by atomic mass is 16.2. The summed E-state index contributed by atoms with van der Waals surface area (Å²) in [7, 11) is 0. The van der Waals surface area contributed by atoms with Crippen LogP contribution in [-0.4, -0.2) is 17.5 Å². The Kier molecular flexibility index (Phi) is 5.40. The van der Waals surface area contributed by atoms with Crippen molar-refractivity contribution in [2.75, 3.05) is 0 Å². The lowest BCUT2D eigenvalue weighted by atomic mass is 9.84. The molecule has 1 aliphatic carbocycles. The van der Waals surface area contributed by atoms with Gasteiger partial charge in [-0.3, -0.25) is 4.79 Å². The van der Waals surface area contributed by atoms with E-state index in [-0.39, 0.29) is 23.4 Å². The second kappa shape index (κ2) is 7.08. The van der Waals surface area contributed by atoms with Crippen LogP contribution in [-0.2, 0) is 11.2 Å². The number of carbonyl (C=O) groups is 1. The van der Waals surface area contributed by atoms with Gasteiger partial charge >= 0.3 is 0 Å². The van der Waals surface area contributed by atoms with Crippen LogP contribution in [0.5, 0.6) is 0 Å². The largest absolute Gasteiger partial charge is 0.351 e. The summed E-state index contributed by atoms with van der Waals surface area (Å²) in [5.74, 6) is 0.285. The fraction of sp³-hybridized carbons (Fsp3) is 0.611. The number of hydrogen-bond donors (Lipinski definition) is 2. The number of hydrogen-bond acceptors (Lipinski definition) is 2. The minimum absolute atomic E-state index is 0.102. The maximum Gasteiger partial charge on any atom is 0.223 e. The van der Waals surface area contributed by atoms with Crippen LogP contribution in [0.15, 0.2) is 30.3 Å². The summed E-state index contributed by atoms with van der Waals surface area (Å²) in [6.45, 7) is 4.22. The minimum atomic E-state index is -0.172. The molecule has 2 unspecified atom stereocenters. The molecular weight excluding hydrogens is 260 g/mol. The molecule has 2 rings (SSSR count). The fourth-order valence-electron chi connectivity index (χ4n) is 3.07. The zero-order chi connectivity index (χ0) is 15.3. The van der Waals surface area contributed by atoms with Crippen LogP contribution in [0.2, 0.25) is 0 Å². The topological polar surface area (TPSA) is 55.1 Å². The number of amides is 1. The van der Waals surface area contributed by atoms with Crippen molar-refractivity contribution in [2.24, 2.45) is 11.7 Å². The predicted molar refractivity (Wildman–Crippen MR) is 86.9 cm³/mol. The van der Waals surface area contributed by atoms with E-state index in [4.69, 9.17) is 5.73 Å². The van der Waals surface area contributed by atoms with E-state index < -0.39 is 0 Å². The van der Waals surface area contributed by atoms with Crippen molar-refractivity contribution < 1.29 is 4.79 Å². The Morgan fingerprint density at radius 1 is 1.29 bits per heavy atom. The molecule has 3 nitrogen and oxygen atoms in total. The second-order valence-electron chi connectivity index (χ2n) is 6.98. The molecule has 116 valence electrons. The summed E-state index contributed by atoms with van der Waals surface area (Å²) in [5.41, 5.74) is 7.13. The van der Waals surface area contributed by atoms with E-state index in [1.807, 2.05) is 6.07 Å². The first-order valence-corrected chi connectivity index (χ1v) is 8.08. The van der Waals surface area contributed by atoms with Gasteiger partial charge in [-0.15, -0.1) is 0 Å². The average molecular weight is 288 g/mol. The highest BCUT2D eigenvalue weighted by Gasteiger charge is 2.29. The van der Waals surface area contributed by atoms with Gasteiger partial charge in [-0.25, -0.2) is 0 Å². The lowest BCUT2D eigenvalue weighted by Crippen LogP contribution is -2.48. The highest BCUT2D eigenvalue weighted by molar-refractivity contribution is 5.79. The van der Waals surface area contributed by atoms with Crippen molar-refractivity contribution in [3.63, 3.8) is 0 Å². The van der Waals surface area contributed by atoms with E-state index in [1.54, 1.807) is 0 Å². The molecule has 1 amide bonds. The Morgan fingerprint density at radius 3 is 2.67 bits per heavy atom. The molecule has 3 heteroatoms. The highest BCUT2D eigenvalue weighted by Crippen LogP contribution is 2.24. The third-order valence-electron chi connectivity index (χ3n) is 4.43. The van der Waals surface area contributed by atoms with Gasteiger partial charge in [-0.05, 0) is 51.5 Å². The number of nitrogens with one attached hydrogen (secondary N) is 1. The summed E-state index contributed by atoms with van der Waals surface area (Å²) in [5, 5.41) is 3.22. The van der Waals surface area contributed by atoms with Gasteiger partial charge in [0.15, 0.2) is 0 Å². The molecule has 0 heterocycles. The Bertz CT molecular complexity index is 456. The van der Waals surface area contributed by atoms with Crippen LogP contribution in [0, 0.1) is 5.92 Å². The van der Waals surface area contributed by atoms with Gasteiger partial charge in [0.25, 0.3) is 0 Å². The molecule has 1 saturated carbocycles. The molecule has 0 spiro atoms. The number of carbonyl (C=O) groups excluding carboxylic acids is 1. The van der Waals surface area contributed by atoms with E-state index in [9.17, 15) is 4.79 Å². The monoisotopic (exact) mass is 288 g/mol. The van der Waals surface area contributed by atoms with Gasteiger partial charge in [0.2, 0.25) is 5.91 Å². The Morgan fingerprint density at radius 2 is 2.00 bits per heavy atom. The van der Waals surface area contributed by atoms with Gasteiger partial charge < -0.3 is 11.1 Å². The van der Waals surface area contributed by atoms with Crippen LogP contribution in [0.25, 0.3) is 0 Å². The predicted octanol–water partition coefficient (Wildman–Crippen LogP) is 3.03. The van der Waals surface area contributed by atoms with Crippen molar-refractivity contribution in [1.82, 2.24) is 5.32 Å². The van der Waals surface area contributed by atoms with Crippen LogP contribution in [0.1, 0.15) is 51.5 Å². The average Bonchev–Trinajstić information content (AvgIpc) is 2.46. The van der Waals surface area contributed by atoms with E-state index >= 15 is 0 Å². The summed E-state index contributed by atoms with van der Waals surface area (Å²) in [6.07, 6.45) is 5.87. The van der Waals surface area contributed by atoms with E-state index in [0.29, 0.717) is 0 Å². The van der Waals surface area contributed by atoms with Crippen molar-refractivity contribution in [3.8, 4) is 0 Å². The molecular formula is C18H28N2O. The molecule has 0 radical (unpaired) electrons. The smallest absolute Gasteiger partial charge is 0.223 e. The maximum absolute atomic E-state index is 12.4. The van der Waals surface area contributed by atoms with E-state index in [0.717, 1.165) is 38.5 Å². The lowest BCUT2D eigenvalue weighted by molar-refractivity contribution is -0.127. The van der Waals surface area contributed by atoms with Crippen molar-refractivity contribution in [3.05, 3.63) is 35.9 Å². The van der Waals surface area contributed by atoms with Crippen LogP contribution >= 0.6 is 0 Å². The van der Waals surface area contributed by atoms with Gasteiger partial charge in [0.1, 0.15) is 0 Å². The first-order chi connectivity index (χ1) is 9.96. The number of aryl methyl sites for hydroxylation is 1. The van der Waals surface area contributed by atoms with Gasteiger partial charge in [0.05, 0.1) is 0 Å². The molecule has 1 fully saturated rings. The maximum atomic E-state index is 12.4. The van der Waals surface area contributed by atoms with Crippen LogP contribution in [0.4, 0.5) is 0 Å². The number of nitrogens with two attached hydrogens (primary N) is 1. The molecule has 0 saturated heterocycles. The van der Waals surface area contributed by atoms with E-state index in [1.165, 1.54) is 5.56 Å². The zero-order valence-electron chi connectivity index (χ0n) is 13.3. The summed E-state index contributed by atoms with van der Waals surface area (Å²) in [6, 6.07) is 10.6. The number of benzene rings is 1. The molecule has 0 aromatic heterocycles. The van der Waals surface area contributed by atoms with Gasteiger partial charge in [-0.2, -0.15) is 0 Å². The Balaban J connectivity index is 1.83. The van der Waals surface area contributed by atoms with Crippen molar-refractivity contribution in [2.45, 2.75) is 64.0 Å². The third-order valence-corrected chi connectivity index (χ3v) is 4.43. The van der Waals surface area contributed by atoms with Gasteiger partial charge in [-0.1, -0.05) is 36.8 Å². The van der Waals surface area contributed by atoms with Crippen LogP contribution < -0.4 is 11.1 Å². The van der Waals surface area contributed by atoms with Crippen LogP contribution in [0.3, 0.4) is 0 Å². The zero-order valence-corrected chi connectivity index (χ0v) is 13.3. The van der Waals surface area contributed by atoms with Gasteiger partial charge in [0, 0.05) is 17.5 Å². The van der Waals surface area contributed by atoms with E-state index in [2.05, 4.69) is 43.4 Å². The molecule has 1 aromatic carbocycles. The standard InChI is InChI=1S/C18H28N2O/c1-18(2,12-11-14-7-4-3-5-8-14)20-17(21)15-9-6-10-16(19)13-15/h3-5,7-8,15-16H,6,9-13,19H2,1-2H3,(H,20,21). The molecule has 1 aliphatic rings. The number of rotatable bonds is 5. The molecule has 1 aromatic rings. The SMILES string of the molecule is CC(C)(CCc1ccccc1)NC(=O)C1CCCC(N)C1. The first kappa shape index (κ1) is 16.0. The third kappa shape index (κ3) is 5.16. The Hall–Kier alpha value is -1.35.